The van der Waals surface area contributed by atoms with Gasteiger partial charge in [0.2, 0.25) is 0 Å². The first kappa shape index (κ1) is 12.9. The van der Waals surface area contributed by atoms with Crippen LogP contribution in [0, 0.1) is 0 Å². The van der Waals surface area contributed by atoms with Crippen molar-refractivity contribution in [2.45, 2.75) is 6.54 Å². The second kappa shape index (κ2) is 5.89. The van der Waals surface area contributed by atoms with Gasteiger partial charge in [0, 0.05) is 28.7 Å². The van der Waals surface area contributed by atoms with Crippen LogP contribution in [0.1, 0.15) is 16.2 Å². The van der Waals surface area contributed by atoms with Crippen LogP contribution in [0.2, 0.25) is 0 Å². The molecule has 5 nitrogen and oxygen atoms in total. The molecule has 0 saturated heterocycles. The molecule has 1 amide bonds. The van der Waals surface area contributed by atoms with Gasteiger partial charge >= 0.3 is 0 Å². The standard InChI is InChI=1S/C13H10N4OS2/c18-13(11-7-20-8-17-11)16-5-10-12(15-3-2-14-10)9-1-4-19-6-9/h1-4,6-8H,5H2,(H,16,18). The molecule has 0 radical (unpaired) electrons. The number of thiophene rings is 1. The fraction of sp³-hybridized carbons (Fsp3) is 0.0769. The number of hydrogen-bond acceptors (Lipinski definition) is 6. The summed E-state index contributed by atoms with van der Waals surface area (Å²) in [5.41, 5.74) is 4.62. The lowest BCUT2D eigenvalue weighted by molar-refractivity contribution is 0.0946. The molecule has 7 heteroatoms. The monoisotopic (exact) mass is 302 g/mol. The maximum atomic E-state index is 11.9. The number of carbonyl (C=O) groups is 1. The maximum Gasteiger partial charge on any atom is 0.271 e. The SMILES string of the molecule is O=C(NCc1nccnc1-c1ccsc1)c1cscn1. The third-order valence-electron chi connectivity index (χ3n) is 2.65. The molecule has 0 spiro atoms. The van der Waals surface area contributed by atoms with Gasteiger partial charge in [-0.3, -0.25) is 14.8 Å². The van der Waals surface area contributed by atoms with Crippen LogP contribution in [-0.4, -0.2) is 20.9 Å². The van der Waals surface area contributed by atoms with E-state index in [1.54, 1.807) is 34.6 Å². The summed E-state index contributed by atoms with van der Waals surface area (Å²) < 4.78 is 0. The molecule has 0 fully saturated rings. The van der Waals surface area contributed by atoms with Gasteiger partial charge in [-0.2, -0.15) is 11.3 Å². The highest BCUT2D eigenvalue weighted by atomic mass is 32.1. The Morgan fingerprint density at radius 3 is 2.80 bits per heavy atom. The van der Waals surface area contributed by atoms with Crippen molar-refractivity contribution in [1.29, 1.82) is 0 Å². The average Bonchev–Trinajstić information content (AvgIpc) is 3.17. The summed E-state index contributed by atoms with van der Waals surface area (Å²) in [4.78, 5) is 24.5. The lowest BCUT2D eigenvalue weighted by Crippen LogP contribution is -2.24. The van der Waals surface area contributed by atoms with Gasteiger partial charge in [-0.1, -0.05) is 0 Å². The third kappa shape index (κ3) is 2.73. The Morgan fingerprint density at radius 1 is 1.15 bits per heavy atom. The minimum atomic E-state index is -0.201. The van der Waals surface area contributed by atoms with Crippen molar-refractivity contribution in [3.05, 3.63) is 51.5 Å². The Morgan fingerprint density at radius 2 is 2.05 bits per heavy atom. The van der Waals surface area contributed by atoms with E-state index in [2.05, 4.69) is 20.3 Å². The van der Waals surface area contributed by atoms with E-state index in [-0.39, 0.29) is 5.91 Å². The smallest absolute Gasteiger partial charge is 0.271 e. The molecule has 0 aliphatic carbocycles. The molecule has 20 heavy (non-hydrogen) atoms. The molecule has 3 rings (SSSR count). The molecule has 0 saturated carbocycles. The summed E-state index contributed by atoms with van der Waals surface area (Å²) in [7, 11) is 0. The van der Waals surface area contributed by atoms with Crippen LogP contribution in [-0.2, 0) is 6.54 Å². The molecule has 3 aromatic heterocycles. The summed E-state index contributed by atoms with van der Waals surface area (Å²) in [6.45, 7) is 0.329. The van der Waals surface area contributed by atoms with Crippen molar-refractivity contribution in [2.24, 2.45) is 0 Å². The van der Waals surface area contributed by atoms with Crippen molar-refractivity contribution in [3.63, 3.8) is 0 Å². The zero-order chi connectivity index (χ0) is 13.8. The van der Waals surface area contributed by atoms with Crippen molar-refractivity contribution in [3.8, 4) is 11.3 Å². The van der Waals surface area contributed by atoms with Gasteiger partial charge in [0.25, 0.3) is 5.91 Å². The van der Waals surface area contributed by atoms with Gasteiger partial charge in [0.1, 0.15) is 5.69 Å². The summed E-state index contributed by atoms with van der Waals surface area (Å²) in [6.07, 6.45) is 3.28. The lowest BCUT2D eigenvalue weighted by Gasteiger charge is -2.06. The van der Waals surface area contributed by atoms with Crippen molar-refractivity contribution >= 4 is 28.6 Å². The Labute approximate surface area is 123 Å². The predicted molar refractivity (Wildman–Crippen MR) is 78.6 cm³/mol. The van der Waals surface area contributed by atoms with Gasteiger partial charge < -0.3 is 5.32 Å². The van der Waals surface area contributed by atoms with Gasteiger partial charge in [-0.05, 0) is 11.4 Å². The topological polar surface area (TPSA) is 67.8 Å². The van der Waals surface area contributed by atoms with Crippen molar-refractivity contribution in [1.82, 2.24) is 20.3 Å². The minimum absolute atomic E-state index is 0.201. The zero-order valence-corrected chi connectivity index (χ0v) is 11.9. The first-order valence-corrected chi connectivity index (χ1v) is 7.72. The van der Waals surface area contributed by atoms with E-state index >= 15 is 0 Å². The molecule has 0 aliphatic heterocycles. The molecule has 100 valence electrons. The van der Waals surface area contributed by atoms with Gasteiger partial charge in [0.05, 0.1) is 23.4 Å². The molecule has 3 heterocycles. The quantitative estimate of drug-likeness (QED) is 0.804. The second-order valence-corrected chi connectivity index (χ2v) is 5.42. The van der Waals surface area contributed by atoms with E-state index in [0.717, 1.165) is 17.0 Å². The summed E-state index contributed by atoms with van der Waals surface area (Å²) in [5, 5.41) is 8.52. The van der Waals surface area contributed by atoms with E-state index in [9.17, 15) is 4.79 Å². The van der Waals surface area contributed by atoms with Crippen molar-refractivity contribution in [2.75, 3.05) is 0 Å². The van der Waals surface area contributed by atoms with E-state index < -0.39 is 0 Å². The molecule has 0 atom stereocenters. The highest BCUT2D eigenvalue weighted by molar-refractivity contribution is 7.08. The van der Waals surface area contributed by atoms with Crippen LogP contribution in [0.4, 0.5) is 0 Å². The molecule has 0 unspecified atom stereocenters. The van der Waals surface area contributed by atoms with E-state index in [4.69, 9.17) is 0 Å². The fourth-order valence-electron chi connectivity index (χ4n) is 1.72. The van der Waals surface area contributed by atoms with E-state index in [0.29, 0.717) is 12.2 Å². The predicted octanol–water partition coefficient (Wildman–Crippen LogP) is 2.59. The van der Waals surface area contributed by atoms with Gasteiger partial charge in [-0.25, -0.2) is 4.98 Å². The van der Waals surface area contributed by atoms with Crippen LogP contribution in [0.25, 0.3) is 11.3 Å². The Hall–Kier alpha value is -2.12. The summed E-state index contributed by atoms with van der Waals surface area (Å²) in [5.74, 6) is -0.201. The number of hydrogen-bond donors (Lipinski definition) is 1. The second-order valence-electron chi connectivity index (χ2n) is 3.92. The largest absolute Gasteiger partial charge is 0.345 e. The first-order chi connectivity index (χ1) is 9.84. The molecule has 1 N–H and O–H groups in total. The third-order valence-corrected chi connectivity index (χ3v) is 3.92. The van der Waals surface area contributed by atoms with Crippen LogP contribution >= 0.6 is 22.7 Å². The Bertz CT molecular complexity index is 695. The fourth-order valence-corrected chi connectivity index (χ4v) is 2.89. The van der Waals surface area contributed by atoms with Gasteiger partial charge in [0.15, 0.2) is 0 Å². The number of carbonyl (C=O) groups excluding carboxylic acids is 1. The normalized spacial score (nSPS) is 10.4. The number of nitrogens with one attached hydrogen (secondary N) is 1. The van der Waals surface area contributed by atoms with E-state index in [1.807, 2.05) is 16.8 Å². The first-order valence-electron chi connectivity index (χ1n) is 5.83. The molecule has 3 aromatic rings. The molecular formula is C13H10N4OS2. The highest BCUT2D eigenvalue weighted by Gasteiger charge is 2.11. The maximum absolute atomic E-state index is 11.9. The Balaban J connectivity index is 1.77. The molecular weight excluding hydrogens is 292 g/mol. The molecule has 0 aromatic carbocycles. The number of nitrogens with zero attached hydrogens (tertiary/aromatic N) is 3. The summed E-state index contributed by atoms with van der Waals surface area (Å²) in [6, 6.07) is 1.99. The number of thiazole rings is 1. The lowest BCUT2D eigenvalue weighted by atomic mass is 10.2. The van der Waals surface area contributed by atoms with Gasteiger partial charge in [-0.15, -0.1) is 11.3 Å². The minimum Gasteiger partial charge on any atom is -0.345 e. The molecule has 0 aliphatic rings. The van der Waals surface area contributed by atoms with Crippen LogP contribution in [0.3, 0.4) is 0 Å². The number of aromatic nitrogens is 3. The van der Waals surface area contributed by atoms with E-state index in [1.165, 1.54) is 11.3 Å². The van der Waals surface area contributed by atoms with Crippen LogP contribution < -0.4 is 5.32 Å². The number of amides is 1. The highest BCUT2D eigenvalue weighted by Crippen LogP contribution is 2.22. The van der Waals surface area contributed by atoms with Crippen molar-refractivity contribution < 1.29 is 4.79 Å². The number of rotatable bonds is 4. The van der Waals surface area contributed by atoms with Crippen LogP contribution in [0.5, 0.6) is 0 Å². The zero-order valence-electron chi connectivity index (χ0n) is 10.3. The Kier molecular flexibility index (Phi) is 3.80. The average molecular weight is 302 g/mol. The molecule has 0 bridgehead atoms. The summed E-state index contributed by atoms with van der Waals surface area (Å²) >= 11 is 2.99. The van der Waals surface area contributed by atoms with Crippen LogP contribution in [0.15, 0.2) is 40.1 Å².